The number of carbonyl (C=O) groups is 2. The molecule has 0 aliphatic carbocycles. The van der Waals surface area contributed by atoms with E-state index in [0.29, 0.717) is 50.6 Å². The summed E-state index contributed by atoms with van der Waals surface area (Å²) in [6.07, 6.45) is 2.69. The first-order valence-electron chi connectivity index (χ1n) is 16.6. The van der Waals surface area contributed by atoms with Gasteiger partial charge in [-0.1, -0.05) is 110 Å². The van der Waals surface area contributed by atoms with Crippen molar-refractivity contribution >= 4 is 23.5 Å². The molecule has 1 heterocycles. The molecule has 0 bridgehead atoms. The normalized spacial score (nSPS) is 12.3. The number of nitrogens with two attached hydrogens (primary N) is 1. The van der Waals surface area contributed by atoms with Crippen molar-refractivity contribution in [3.63, 3.8) is 0 Å². The molecule has 4 aromatic carbocycles. The monoisotopic (exact) mass is 647 g/mol. The number of carbonyl (C=O) groups excluding carboxylic acids is 2. The smallest absolute Gasteiger partial charge is 0.266 e. The number of hydrogen-bond acceptors (Lipinski definition) is 7. The molecule has 250 valence electrons. The number of rotatable bonds is 16. The molecule has 2 amide bonds. The molecule has 0 spiro atoms. The van der Waals surface area contributed by atoms with Crippen LogP contribution in [0.3, 0.4) is 0 Å². The minimum atomic E-state index is -0.207. The molecule has 1 aliphatic rings. The molecule has 9 nitrogen and oxygen atoms in total. The van der Waals surface area contributed by atoms with Crippen LogP contribution in [0, 0.1) is 0 Å². The van der Waals surface area contributed by atoms with Crippen LogP contribution in [0.5, 0.6) is 5.75 Å². The van der Waals surface area contributed by atoms with Gasteiger partial charge in [-0.25, -0.2) is 10.1 Å². The Hall–Kier alpha value is -5.15. The highest BCUT2D eigenvalue weighted by molar-refractivity contribution is 5.88. The van der Waals surface area contributed by atoms with E-state index in [2.05, 4.69) is 36.2 Å². The van der Waals surface area contributed by atoms with Gasteiger partial charge < -0.3 is 20.3 Å². The van der Waals surface area contributed by atoms with Crippen LogP contribution >= 0.6 is 0 Å². The van der Waals surface area contributed by atoms with Gasteiger partial charge in [-0.2, -0.15) is 0 Å². The van der Waals surface area contributed by atoms with Crippen molar-refractivity contribution in [2.45, 2.75) is 51.7 Å². The summed E-state index contributed by atoms with van der Waals surface area (Å²) < 4.78 is 6.22. The molecule has 0 atom stereocenters. The van der Waals surface area contributed by atoms with Gasteiger partial charge in [0.05, 0.1) is 38.0 Å². The molecule has 0 radical (unpaired) electrons. The van der Waals surface area contributed by atoms with Crippen LogP contribution in [0.15, 0.2) is 114 Å². The Morgan fingerprint density at radius 3 is 2.12 bits per heavy atom. The van der Waals surface area contributed by atoms with Crippen molar-refractivity contribution in [1.29, 1.82) is 0 Å². The van der Waals surface area contributed by atoms with Crippen LogP contribution in [0.4, 0.5) is 5.69 Å². The van der Waals surface area contributed by atoms with Gasteiger partial charge in [0.2, 0.25) is 5.91 Å². The average molecular weight is 648 g/mol. The summed E-state index contributed by atoms with van der Waals surface area (Å²) in [6.45, 7) is 3.59. The lowest BCUT2D eigenvalue weighted by molar-refractivity contribution is -0.191. The van der Waals surface area contributed by atoms with Gasteiger partial charge in [-0.15, -0.1) is 0 Å². The number of hydrogen-bond donors (Lipinski definition) is 1. The zero-order valence-corrected chi connectivity index (χ0v) is 27.8. The quantitative estimate of drug-likeness (QED) is 0.108. The highest BCUT2D eigenvalue weighted by Crippen LogP contribution is 2.33. The predicted octanol–water partition coefficient (Wildman–Crippen LogP) is 6.62. The standard InChI is InChI=1S/C39H45N5O4/c1-3-4-26-48-44(27-30-16-8-5-9-17-30)37(46)29-43-28-33-34(41-39(43)40)22-14-23-35(33)47-25-15-24-36(45)42(2)38(31-18-10-6-11-19-31)32-20-12-7-13-21-32/h5-14,16-23,38H,3-4,15,24-29H2,1-2H3,(H2,40,41). The molecule has 1 aliphatic heterocycles. The zero-order valence-electron chi connectivity index (χ0n) is 27.8. The van der Waals surface area contributed by atoms with Crippen LogP contribution in [-0.4, -0.2) is 59.4 Å². The first-order chi connectivity index (χ1) is 23.4. The lowest BCUT2D eigenvalue weighted by Crippen LogP contribution is -2.46. The minimum absolute atomic E-state index is 0.00684. The molecular weight excluding hydrogens is 602 g/mol. The van der Waals surface area contributed by atoms with Gasteiger partial charge in [0.25, 0.3) is 5.91 Å². The van der Waals surface area contributed by atoms with E-state index >= 15 is 0 Å². The Kier molecular flexibility index (Phi) is 12.2. The van der Waals surface area contributed by atoms with E-state index in [0.717, 1.165) is 35.1 Å². The molecule has 9 heteroatoms. The number of unbranched alkanes of at least 4 members (excludes halogenated alkanes) is 1. The summed E-state index contributed by atoms with van der Waals surface area (Å²) in [5.74, 6) is 0.756. The Morgan fingerprint density at radius 1 is 0.833 bits per heavy atom. The Balaban J connectivity index is 1.19. The molecule has 0 fully saturated rings. The van der Waals surface area contributed by atoms with Gasteiger partial charge in [-0.3, -0.25) is 14.4 Å². The molecule has 48 heavy (non-hydrogen) atoms. The average Bonchev–Trinajstić information content (AvgIpc) is 3.11. The van der Waals surface area contributed by atoms with Crippen LogP contribution in [0.25, 0.3) is 0 Å². The number of amides is 2. The zero-order chi connectivity index (χ0) is 33.7. The maximum absolute atomic E-state index is 13.5. The highest BCUT2D eigenvalue weighted by Gasteiger charge is 2.26. The van der Waals surface area contributed by atoms with Crippen LogP contribution in [-0.2, 0) is 27.5 Å². The third-order valence-corrected chi connectivity index (χ3v) is 8.34. The van der Waals surface area contributed by atoms with E-state index in [4.69, 9.17) is 15.3 Å². The van der Waals surface area contributed by atoms with Crippen molar-refractivity contribution in [2.24, 2.45) is 10.7 Å². The molecule has 0 unspecified atom stereocenters. The third kappa shape index (κ3) is 9.01. The predicted molar refractivity (Wildman–Crippen MR) is 188 cm³/mol. The molecule has 2 N–H and O–H groups in total. The van der Waals surface area contributed by atoms with E-state index in [1.54, 1.807) is 4.90 Å². The van der Waals surface area contributed by atoms with Gasteiger partial charge >= 0.3 is 0 Å². The van der Waals surface area contributed by atoms with Crippen molar-refractivity contribution in [3.8, 4) is 5.75 Å². The Bertz CT molecular complexity index is 1610. The van der Waals surface area contributed by atoms with Gasteiger partial charge in [0.1, 0.15) is 12.3 Å². The van der Waals surface area contributed by atoms with Crippen LogP contribution in [0.2, 0.25) is 0 Å². The second-order valence-corrected chi connectivity index (χ2v) is 11.9. The summed E-state index contributed by atoms with van der Waals surface area (Å²) in [5, 5.41) is 1.42. The molecule has 0 saturated heterocycles. The molecule has 5 rings (SSSR count). The van der Waals surface area contributed by atoms with E-state index in [1.165, 1.54) is 5.06 Å². The molecular formula is C39H45N5O4. The summed E-state index contributed by atoms with van der Waals surface area (Å²) in [5.41, 5.74) is 11.0. The number of hydroxylamine groups is 2. The second kappa shape index (κ2) is 17.1. The Morgan fingerprint density at radius 2 is 1.48 bits per heavy atom. The summed E-state index contributed by atoms with van der Waals surface area (Å²) >= 11 is 0. The highest BCUT2D eigenvalue weighted by atomic mass is 16.7. The fourth-order valence-electron chi connectivity index (χ4n) is 5.71. The fourth-order valence-corrected chi connectivity index (χ4v) is 5.71. The van der Waals surface area contributed by atoms with Crippen LogP contribution in [0.1, 0.15) is 60.9 Å². The lowest BCUT2D eigenvalue weighted by atomic mass is 9.97. The number of ether oxygens (including phenoxy) is 1. The van der Waals surface area contributed by atoms with Gasteiger partial charge in [0.15, 0.2) is 5.96 Å². The Labute approximate surface area is 283 Å². The summed E-state index contributed by atoms with van der Waals surface area (Å²) in [7, 11) is 1.86. The van der Waals surface area contributed by atoms with E-state index in [-0.39, 0.29) is 30.4 Å². The van der Waals surface area contributed by atoms with Crippen molar-refractivity contribution < 1.29 is 19.2 Å². The van der Waals surface area contributed by atoms with E-state index in [9.17, 15) is 9.59 Å². The number of fused-ring (bicyclic) bond motifs is 1. The SMILES string of the molecule is CCCCON(Cc1ccccc1)C(=O)CN1Cc2c(cccc2OCCCC(=O)N(C)C(c2ccccc2)c2ccccc2)N=C1N. The first kappa shape index (κ1) is 34.2. The minimum Gasteiger partial charge on any atom is -0.493 e. The molecule has 0 saturated carbocycles. The topological polar surface area (TPSA) is 101 Å². The fraction of sp³-hybridized carbons (Fsp3) is 0.308. The number of nitrogens with zero attached hydrogens (tertiary/aromatic N) is 4. The van der Waals surface area contributed by atoms with E-state index in [1.807, 2.05) is 96.9 Å². The van der Waals surface area contributed by atoms with Crippen molar-refractivity contribution in [1.82, 2.24) is 14.9 Å². The molecule has 4 aromatic rings. The maximum atomic E-state index is 13.5. The largest absolute Gasteiger partial charge is 0.493 e. The first-order valence-corrected chi connectivity index (χ1v) is 16.6. The van der Waals surface area contributed by atoms with Crippen molar-refractivity contribution in [3.05, 3.63) is 131 Å². The van der Waals surface area contributed by atoms with Crippen molar-refractivity contribution in [2.75, 3.05) is 26.8 Å². The van der Waals surface area contributed by atoms with Gasteiger partial charge in [-0.05, 0) is 41.7 Å². The number of aliphatic imine (C=N–C) groups is 1. The number of benzene rings is 4. The maximum Gasteiger partial charge on any atom is 0.266 e. The lowest BCUT2D eigenvalue weighted by Gasteiger charge is -2.31. The van der Waals surface area contributed by atoms with Crippen LogP contribution < -0.4 is 10.5 Å². The molecule has 0 aromatic heterocycles. The summed E-state index contributed by atoms with van der Waals surface area (Å²) in [4.78, 5) is 40.9. The third-order valence-electron chi connectivity index (χ3n) is 8.34. The summed E-state index contributed by atoms with van der Waals surface area (Å²) in [6, 6.07) is 35.4. The number of guanidine groups is 1. The second-order valence-electron chi connectivity index (χ2n) is 11.9. The van der Waals surface area contributed by atoms with E-state index < -0.39 is 0 Å². The van der Waals surface area contributed by atoms with Gasteiger partial charge in [0, 0.05) is 19.0 Å².